The van der Waals surface area contributed by atoms with Crippen LogP contribution >= 0.6 is 0 Å². The quantitative estimate of drug-likeness (QED) is 0.822. The van der Waals surface area contributed by atoms with Crippen LogP contribution < -0.4 is 4.72 Å². The molecular formula is C19H24N2O4S2. The summed E-state index contributed by atoms with van der Waals surface area (Å²) < 4.78 is 54.5. The van der Waals surface area contributed by atoms with Crippen LogP contribution in [0.4, 0.5) is 5.69 Å². The van der Waals surface area contributed by atoms with Gasteiger partial charge in [-0.1, -0.05) is 25.0 Å². The summed E-state index contributed by atoms with van der Waals surface area (Å²) in [7, 11) is -7.27. The highest BCUT2D eigenvalue weighted by molar-refractivity contribution is 7.92. The first-order valence-electron chi connectivity index (χ1n) is 8.99. The zero-order valence-corrected chi connectivity index (χ0v) is 16.9. The number of hydrogen-bond acceptors (Lipinski definition) is 4. The third-order valence-electron chi connectivity index (χ3n) is 4.61. The summed E-state index contributed by atoms with van der Waals surface area (Å²) in [5.41, 5.74) is 1.17. The molecule has 27 heavy (non-hydrogen) atoms. The van der Waals surface area contributed by atoms with Crippen LogP contribution in [-0.2, 0) is 20.0 Å². The fourth-order valence-corrected chi connectivity index (χ4v) is 5.80. The van der Waals surface area contributed by atoms with Gasteiger partial charge in [-0.05, 0) is 61.7 Å². The van der Waals surface area contributed by atoms with Gasteiger partial charge >= 0.3 is 0 Å². The first-order valence-corrected chi connectivity index (χ1v) is 11.9. The minimum atomic E-state index is -3.72. The van der Waals surface area contributed by atoms with Gasteiger partial charge in [0.2, 0.25) is 10.0 Å². The molecule has 1 fully saturated rings. The lowest BCUT2D eigenvalue weighted by molar-refractivity contribution is 0.424. The number of hydrogen-bond donors (Lipinski definition) is 1. The van der Waals surface area contributed by atoms with Crippen molar-refractivity contribution in [2.24, 2.45) is 0 Å². The van der Waals surface area contributed by atoms with E-state index in [0.29, 0.717) is 18.8 Å². The predicted molar refractivity (Wildman–Crippen MR) is 106 cm³/mol. The summed E-state index contributed by atoms with van der Waals surface area (Å²) >= 11 is 0. The van der Waals surface area contributed by atoms with Crippen molar-refractivity contribution >= 4 is 25.7 Å². The van der Waals surface area contributed by atoms with Gasteiger partial charge in [0, 0.05) is 18.8 Å². The van der Waals surface area contributed by atoms with Crippen molar-refractivity contribution in [1.82, 2.24) is 4.31 Å². The van der Waals surface area contributed by atoms with Gasteiger partial charge in [-0.3, -0.25) is 4.72 Å². The Morgan fingerprint density at radius 2 is 1.44 bits per heavy atom. The molecule has 0 aromatic heterocycles. The fraction of sp³-hybridized carbons (Fsp3) is 0.368. The third-order valence-corrected chi connectivity index (χ3v) is 7.90. The molecule has 1 heterocycles. The van der Waals surface area contributed by atoms with Crippen LogP contribution in [0.5, 0.6) is 0 Å². The molecule has 1 aliphatic heterocycles. The first-order chi connectivity index (χ1) is 12.8. The van der Waals surface area contributed by atoms with Crippen molar-refractivity contribution < 1.29 is 16.8 Å². The lowest BCUT2D eigenvalue weighted by Gasteiger charge is -2.20. The van der Waals surface area contributed by atoms with Gasteiger partial charge < -0.3 is 0 Å². The van der Waals surface area contributed by atoms with E-state index >= 15 is 0 Å². The summed E-state index contributed by atoms with van der Waals surface area (Å²) in [5.74, 6) is 0. The van der Waals surface area contributed by atoms with Gasteiger partial charge in [0.15, 0.2) is 0 Å². The molecule has 0 spiro atoms. The molecule has 1 aliphatic rings. The summed E-state index contributed by atoms with van der Waals surface area (Å²) in [6.45, 7) is 2.88. The van der Waals surface area contributed by atoms with Gasteiger partial charge in [-0.15, -0.1) is 0 Å². The lowest BCUT2D eigenvalue weighted by Crippen LogP contribution is -2.31. The summed E-state index contributed by atoms with van der Waals surface area (Å²) in [6, 6.07) is 12.5. The Morgan fingerprint density at radius 1 is 0.815 bits per heavy atom. The maximum absolute atomic E-state index is 12.8. The molecule has 0 saturated carbocycles. The SMILES string of the molecule is Cc1cccc(S(=O)(=O)Nc2ccc(S(=O)(=O)N3CCCCCC3)cc2)c1. The predicted octanol–water partition coefficient (Wildman–Crippen LogP) is 3.36. The molecule has 0 amide bonds. The average Bonchev–Trinajstić information content (AvgIpc) is 2.92. The van der Waals surface area contributed by atoms with Gasteiger partial charge in [0.25, 0.3) is 10.0 Å². The van der Waals surface area contributed by atoms with Gasteiger partial charge in [-0.25, -0.2) is 16.8 Å². The maximum atomic E-state index is 12.8. The second-order valence-corrected chi connectivity index (χ2v) is 10.4. The summed E-state index contributed by atoms with van der Waals surface area (Å²) in [4.78, 5) is 0.353. The van der Waals surface area contributed by atoms with Crippen molar-refractivity contribution in [1.29, 1.82) is 0 Å². The Labute approximate surface area is 161 Å². The normalized spacial score (nSPS) is 16.6. The van der Waals surface area contributed by atoms with Crippen LogP contribution in [0.1, 0.15) is 31.2 Å². The van der Waals surface area contributed by atoms with Crippen molar-refractivity contribution in [3.8, 4) is 0 Å². The second-order valence-electron chi connectivity index (χ2n) is 6.76. The van der Waals surface area contributed by atoms with Crippen molar-refractivity contribution in [3.63, 3.8) is 0 Å². The molecule has 0 radical (unpaired) electrons. The van der Waals surface area contributed by atoms with Crippen molar-refractivity contribution in [2.75, 3.05) is 17.8 Å². The smallest absolute Gasteiger partial charge is 0.261 e. The van der Waals surface area contributed by atoms with E-state index in [1.807, 2.05) is 13.0 Å². The topological polar surface area (TPSA) is 83.5 Å². The number of sulfonamides is 2. The van der Waals surface area contributed by atoms with E-state index in [1.54, 1.807) is 12.1 Å². The number of aryl methyl sites for hydroxylation is 1. The average molecular weight is 409 g/mol. The van der Waals surface area contributed by atoms with Crippen LogP contribution in [-0.4, -0.2) is 34.2 Å². The van der Waals surface area contributed by atoms with Crippen molar-refractivity contribution in [2.45, 2.75) is 42.4 Å². The monoisotopic (exact) mass is 408 g/mol. The molecule has 3 rings (SSSR count). The van der Waals surface area contributed by atoms with E-state index in [2.05, 4.69) is 4.72 Å². The highest BCUT2D eigenvalue weighted by Crippen LogP contribution is 2.23. The molecule has 0 aliphatic carbocycles. The van der Waals surface area contributed by atoms with E-state index in [0.717, 1.165) is 31.2 Å². The Bertz CT molecular complexity index is 992. The first kappa shape index (κ1) is 19.9. The molecule has 0 unspecified atom stereocenters. The lowest BCUT2D eigenvalue weighted by atomic mass is 10.2. The molecule has 8 heteroatoms. The van der Waals surface area contributed by atoms with Crippen LogP contribution in [0.2, 0.25) is 0 Å². The van der Waals surface area contributed by atoms with E-state index < -0.39 is 20.0 Å². The zero-order chi connectivity index (χ0) is 19.5. The second kappa shape index (κ2) is 8.00. The molecule has 0 bridgehead atoms. The van der Waals surface area contributed by atoms with Gasteiger partial charge in [-0.2, -0.15) is 4.31 Å². The van der Waals surface area contributed by atoms with Crippen LogP contribution in [0, 0.1) is 6.92 Å². The third kappa shape index (κ3) is 4.69. The van der Waals surface area contributed by atoms with Crippen molar-refractivity contribution in [3.05, 3.63) is 54.1 Å². The van der Waals surface area contributed by atoms with E-state index in [4.69, 9.17) is 0 Å². The molecule has 2 aromatic rings. The largest absolute Gasteiger partial charge is 0.280 e. The van der Waals surface area contributed by atoms with E-state index in [-0.39, 0.29) is 9.79 Å². The number of anilines is 1. The Morgan fingerprint density at radius 3 is 2.04 bits per heavy atom. The van der Waals surface area contributed by atoms with Crippen LogP contribution in [0.25, 0.3) is 0 Å². The highest BCUT2D eigenvalue weighted by atomic mass is 32.2. The number of nitrogens with zero attached hydrogens (tertiary/aromatic N) is 1. The molecule has 6 nitrogen and oxygen atoms in total. The Balaban J connectivity index is 1.79. The molecule has 1 N–H and O–H groups in total. The molecular weight excluding hydrogens is 384 g/mol. The highest BCUT2D eigenvalue weighted by Gasteiger charge is 2.25. The summed E-state index contributed by atoms with van der Waals surface area (Å²) in [5, 5.41) is 0. The van der Waals surface area contributed by atoms with E-state index in [1.165, 1.54) is 34.6 Å². The standard InChI is InChI=1S/C19H24N2O4S2/c1-16-7-6-8-19(15-16)26(22,23)20-17-9-11-18(12-10-17)27(24,25)21-13-4-2-3-5-14-21/h6-12,15,20H,2-5,13-14H2,1H3. The summed E-state index contributed by atoms with van der Waals surface area (Å²) in [6.07, 6.45) is 3.83. The Kier molecular flexibility index (Phi) is 5.88. The van der Waals surface area contributed by atoms with Crippen LogP contribution in [0.15, 0.2) is 58.3 Å². The molecule has 2 aromatic carbocycles. The van der Waals surface area contributed by atoms with Crippen LogP contribution in [0.3, 0.4) is 0 Å². The Hall–Kier alpha value is -1.90. The fourth-order valence-electron chi connectivity index (χ4n) is 3.12. The maximum Gasteiger partial charge on any atom is 0.261 e. The van der Waals surface area contributed by atoms with E-state index in [9.17, 15) is 16.8 Å². The van der Waals surface area contributed by atoms with Gasteiger partial charge in [0.05, 0.1) is 9.79 Å². The van der Waals surface area contributed by atoms with Gasteiger partial charge in [0.1, 0.15) is 0 Å². The minimum absolute atomic E-state index is 0.170. The number of nitrogens with one attached hydrogen (secondary N) is 1. The molecule has 1 saturated heterocycles. The number of rotatable bonds is 5. The molecule has 0 atom stereocenters. The molecule has 146 valence electrons. The zero-order valence-electron chi connectivity index (χ0n) is 15.3. The number of benzene rings is 2. The minimum Gasteiger partial charge on any atom is -0.280 e.